The van der Waals surface area contributed by atoms with Crippen molar-refractivity contribution in [1.29, 1.82) is 0 Å². The van der Waals surface area contributed by atoms with Crippen LogP contribution in [0.25, 0.3) is 0 Å². The van der Waals surface area contributed by atoms with Crippen molar-refractivity contribution in [2.24, 2.45) is 11.3 Å². The van der Waals surface area contributed by atoms with E-state index < -0.39 is 29.6 Å². The van der Waals surface area contributed by atoms with Crippen LogP contribution in [0.4, 0.5) is 22.0 Å². The zero-order valence-corrected chi connectivity index (χ0v) is 22.3. The van der Waals surface area contributed by atoms with E-state index in [9.17, 15) is 26.7 Å². The third kappa shape index (κ3) is 7.78. The van der Waals surface area contributed by atoms with Crippen LogP contribution in [-0.4, -0.2) is 36.6 Å². The number of nitrogens with one attached hydrogen (secondary N) is 1. The number of likely N-dealkylation sites (tertiary alicyclic amines) is 1. The van der Waals surface area contributed by atoms with E-state index in [1.54, 1.807) is 6.08 Å². The summed E-state index contributed by atoms with van der Waals surface area (Å²) in [5.41, 5.74) is -0.459. The lowest BCUT2D eigenvalue weighted by molar-refractivity contribution is -0.137. The van der Waals surface area contributed by atoms with Crippen molar-refractivity contribution in [2.45, 2.75) is 77.6 Å². The van der Waals surface area contributed by atoms with Gasteiger partial charge in [-0.05, 0) is 107 Å². The highest BCUT2D eigenvalue weighted by atomic mass is 19.4. The predicted octanol–water partition coefficient (Wildman–Crippen LogP) is 7.54. The summed E-state index contributed by atoms with van der Waals surface area (Å²) in [6.45, 7) is 5.09. The molecule has 2 aliphatic rings. The maximum atomic E-state index is 13.8. The lowest BCUT2D eigenvalue weighted by Crippen LogP contribution is -2.41. The molecule has 1 aliphatic carbocycles. The van der Waals surface area contributed by atoms with Crippen molar-refractivity contribution in [3.8, 4) is 0 Å². The Morgan fingerprint density at radius 2 is 1.92 bits per heavy atom. The molecule has 1 saturated carbocycles. The second-order valence-corrected chi connectivity index (χ2v) is 10.5. The van der Waals surface area contributed by atoms with E-state index in [0.29, 0.717) is 31.2 Å². The SMILES string of the molecule is C/C=C\CC1(C(=O)NCc2cc(F)cc(C(F)(F)F)c2)CCC(N2CCCC(C(/C=C\CF)=C/C)CC2)C1. The number of hydrogen-bond acceptors (Lipinski definition) is 2. The molecule has 1 aromatic rings. The second kappa shape index (κ2) is 13.5. The molecule has 210 valence electrons. The van der Waals surface area contributed by atoms with Crippen LogP contribution >= 0.6 is 0 Å². The summed E-state index contributed by atoms with van der Waals surface area (Å²) in [4.78, 5) is 15.9. The molecule has 1 aromatic carbocycles. The van der Waals surface area contributed by atoms with Crippen molar-refractivity contribution in [2.75, 3.05) is 19.8 Å². The van der Waals surface area contributed by atoms with Crippen molar-refractivity contribution < 1.29 is 26.7 Å². The molecule has 2 fully saturated rings. The Morgan fingerprint density at radius 1 is 1.13 bits per heavy atom. The van der Waals surface area contributed by atoms with Crippen LogP contribution < -0.4 is 5.32 Å². The zero-order chi connectivity index (χ0) is 27.8. The van der Waals surface area contributed by atoms with Gasteiger partial charge < -0.3 is 10.2 Å². The fourth-order valence-corrected chi connectivity index (χ4v) is 5.99. The smallest absolute Gasteiger partial charge is 0.352 e. The van der Waals surface area contributed by atoms with Crippen LogP contribution in [0.5, 0.6) is 0 Å². The summed E-state index contributed by atoms with van der Waals surface area (Å²) >= 11 is 0. The Kier molecular flexibility index (Phi) is 10.7. The first kappa shape index (κ1) is 30.1. The zero-order valence-electron chi connectivity index (χ0n) is 22.3. The van der Waals surface area contributed by atoms with Crippen LogP contribution in [0.3, 0.4) is 0 Å². The first-order valence-electron chi connectivity index (χ1n) is 13.5. The van der Waals surface area contributed by atoms with Crippen LogP contribution in [0.2, 0.25) is 0 Å². The highest BCUT2D eigenvalue weighted by Gasteiger charge is 2.46. The van der Waals surface area contributed by atoms with E-state index in [1.807, 2.05) is 32.1 Å². The summed E-state index contributed by atoms with van der Waals surface area (Å²) in [5.74, 6) is -0.788. The van der Waals surface area contributed by atoms with E-state index in [-0.39, 0.29) is 24.1 Å². The van der Waals surface area contributed by atoms with Gasteiger partial charge in [0.05, 0.1) is 11.0 Å². The molecule has 0 radical (unpaired) electrons. The summed E-state index contributed by atoms with van der Waals surface area (Å²) in [5, 5.41) is 2.81. The molecule has 0 bridgehead atoms. The van der Waals surface area contributed by atoms with Crippen LogP contribution in [0, 0.1) is 17.2 Å². The minimum absolute atomic E-state index is 0.0848. The van der Waals surface area contributed by atoms with E-state index in [4.69, 9.17) is 0 Å². The van der Waals surface area contributed by atoms with Crippen LogP contribution in [-0.2, 0) is 17.5 Å². The minimum Gasteiger partial charge on any atom is -0.352 e. The summed E-state index contributed by atoms with van der Waals surface area (Å²) in [6.07, 6.45) is 10.5. The molecule has 3 nitrogen and oxygen atoms in total. The van der Waals surface area contributed by atoms with Gasteiger partial charge >= 0.3 is 6.18 Å². The molecule has 1 N–H and O–H groups in total. The lowest BCUT2D eigenvalue weighted by atomic mass is 9.81. The van der Waals surface area contributed by atoms with Crippen molar-refractivity contribution in [1.82, 2.24) is 10.2 Å². The predicted molar refractivity (Wildman–Crippen MR) is 141 cm³/mol. The Balaban J connectivity index is 1.67. The van der Waals surface area contributed by atoms with Gasteiger partial charge in [0.15, 0.2) is 0 Å². The quantitative estimate of drug-likeness (QED) is 0.200. The van der Waals surface area contributed by atoms with Gasteiger partial charge in [0.1, 0.15) is 12.5 Å². The molecule has 0 spiro atoms. The first-order chi connectivity index (χ1) is 18.1. The average molecular weight is 539 g/mol. The second-order valence-electron chi connectivity index (χ2n) is 10.5. The molecule has 0 aromatic heterocycles. The number of carbonyl (C=O) groups is 1. The van der Waals surface area contributed by atoms with Gasteiger partial charge in [-0.25, -0.2) is 8.78 Å². The van der Waals surface area contributed by atoms with Crippen molar-refractivity contribution >= 4 is 5.91 Å². The van der Waals surface area contributed by atoms with Gasteiger partial charge in [-0.2, -0.15) is 13.2 Å². The van der Waals surface area contributed by atoms with Gasteiger partial charge in [-0.1, -0.05) is 30.4 Å². The van der Waals surface area contributed by atoms with E-state index >= 15 is 0 Å². The number of allylic oxidation sites excluding steroid dienone is 6. The number of carbonyl (C=O) groups excluding carboxylic acids is 1. The third-order valence-corrected chi connectivity index (χ3v) is 8.03. The number of rotatable bonds is 9. The molecule has 38 heavy (non-hydrogen) atoms. The lowest BCUT2D eigenvalue weighted by Gasteiger charge is -2.31. The normalized spacial score (nSPS) is 25.8. The molecular formula is C30H39F5N2O. The largest absolute Gasteiger partial charge is 0.416 e. The fourth-order valence-electron chi connectivity index (χ4n) is 5.99. The maximum Gasteiger partial charge on any atom is 0.416 e. The number of amides is 1. The Bertz CT molecular complexity index is 1030. The van der Waals surface area contributed by atoms with Crippen LogP contribution in [0.15, 0.2) is 54.2 Å². The van der Waals surface area contributed by atoms with Crippen molar-refractivity contribution in [3.05, 3.63) is 71.1 Å². The summed E-state index contributed by atoms with van der Waals surface area (Å²) in [7, 11) is 0. The number of nitrogens with zero attached hydrogens (tertiary/aromatic N) is 1. The Hall–Kier alpha value is -2.48. The first-order valence-corrected chi connectivity index (χ1v) is 13.5. The number of hydrogen-bond donors (Lipinski definition) is 1. The minimum atomic E-state index is -4.66. The summed E-state index contributed by atoms with van der Waals surface area (Å²) in [6, 6.07) is 2.62. The topological polar surface area (TPSA) is 32.3 Å². The molecule has 8 heteroatoms. The summed E-state index contributed by atoms with van der Waals surface area (Å²) < 4.78 is 65.8. The van der Waals surface area contributed by atoms with Gasteiger partial charge in [-0.15, -0.1) is 0 Å². The number of halogens is 5. The van der Waals surface area contributed by atoms with E-state index in [0.717, 1.165) is 50.9 Å². The maximum absolute atomic E-state index is 13.8. The standard InChI is InChI=1S/C30H39F5N2O/c1-3-5-12-29(28(38)36-21-22-17-25(30(33,34)35)19-26(32)18-22)13-10-27(20-29)37-15-7-9-24(11-16-37)23(4-2)8-6-14-31/h3-6,8,17-19,24,27H,7,9-16,20-21H2,1-2H3,(H,36,38)/b5-3-,8-6-,23-4+. The molecule has 3 atom stereocenters. The van der Waals surface area contributed by atoms with Crippen LogP contribution in [0.1, 0.15) is 69.9 Å². The van der Waals surface area contributed by atoms with Crippen molar-refractivity contribution in [3.63, 3.8) is 0 Å². The van der Waals surface area contributed by atoms with Gasteiger partial charge in [-0.3, -0.25) is 4.79 Å². The third-order valence-electron chi connectivity index (χ3n) is 8.03. The Morgan fingerprint density at radius 3 is 2.61 bits per heavy atom. The van der Waals surface area contributed by atoms with E-state index in [1.165, 1.54) is 5.57 Å². The molecule has 3 unspecified atom stereocenters. The fraction of sp³-hybridized carbons (Fsp3) is 0.567. The highest BCUT2D eigenvalue weighted by Crippen LogP contribution is 2.44. The molecule has 1 saturated heterocycles. The highest BCUT2D eigenvalue weighted by molar-refractivity contribution is 5.83. The average Bonchev–Trinajstić information content (AvgIpc) is 3.17. The van der Waals surface area contributed by atoms with Gasteiger partial charge in [0.25, 0.3) is 0 Å². The Labute approximate surface area is 222 Å². The molecular weight excluding hydrogens is 499 g/mol. The molecule has 1 amide bonds. The molecule has 3 rings (SSSR count). The molecule has 1 aliphatic heterocycles. The van der Waals surface area contributed by atoms with Gasteiger partial charge in [0, 0.05) is 12.6 Å². The number of alkyl halides is 4. The van der Waals surface area contributed by atoms with Gasteiger partial charge in [0.2, 0.25) is 5.91 Å². The molecule has 1 heterocycles. The monoisotopic (exact) mass is 538 g/mol. The number of benzene rings is 1. The van der Waals surface area contributed by atoms with E-state index in [2.05, 4.69) is 16.3 Å².